The Morgan fingerprint density at radius 3 is 2.39 bits per heavy atom. The molecule has 0 aromatic heterocycles. The highest BCUT2D eigenvalue weighted by atomic mass is 16.5. The second kappa shape index (κ2) is 5.19. The molecule has 0 bridgehead atoms. The van der Waals surface area contributed by atoms with Crippen LogP contribution in [0, 0.1) is 0 Å². The molecule has 0 saturated carbocycles. The Morgan fingerprint density at radius 1 is 1.17 bits per heavy atom. The molecule has 3 nitrogen and oxygen atoms in total. The number of benzene rings is 1. The van der Waals surface area contributed by atoms with Gasteiger partial charge in [0.25, 0.3) is 0 Å². The molecule has 1 aliphatic heterocycles. The zero-order valence-electron chi connectivity index (χ0n) is 11.6. The van der Waals surface area contributed by atoms with Crippen LogP contribution >= 0.6 is 0 Å². The van der Waals surface area contributed by atoms with E-state index in [-0.39, 0.29) is 0 Å². The topological polar surface area (TPSA) is 32.7 Å². The summed E-state index contributed by atoms with van der Waals surface area (Å²) < 4.78 is 5.26. The summed E-state index contributed by atoms with van der Waals surface area (Å²) >= 11 is 0. The Morgan fingerprint density at radius 2 is 1.83 bits per heavy atom. The van der Waals surface area contributed by atoms with Crippen LogP contribution in [0.25, 0.3) is 0 Å². The number of anilines is 1. The molecule has 1 aromatic rings. The molecule has 3 heteroatoms. The van der Waals surface area contributed by atoms with Crippen LogP contribution in [0.1, 0.15) is 38.7 Å². The van der Waals surface area contributed by atoms with Gasteiger partial charge in [-0.05, 0) is 51.3 Å². The van der Waals surface area contributed by atoms with Gasteiger partial charge in [0, 0.05) is 24.3 Å². The number of nitrogens with zero attached hydrogens (tertiary/aromatic N) is 1. The maximum absolute atomic E-state index is 10.3. The molecule has 2 rings (SSSR count). The molecule has 0 unspecified atom stereocenters. The Bertz CT molecular complexity index is 403. The quantitative estimate of drug-likeness (QED) is 0.894. The molecule has 1 N–H and O–H groups in total. The predicted octanol–water partition coefficient (Wildman–Crippen LogP) is 2.91. The number of hydrogen-bond acceptors (Lipinski definition) is 3. The average Bonchev–Trinajstić information content (AvgIpc) is 2.38. The van der Waals surface area contributed by atoms with Gasteiger partial charge in [-0.25, -0.2) is 0 Å². The van der Waals surface area contributed by atoms with Crippen molar-refractivity contribution in [1.82, 2.24) is 0 Å². The van der Waals surface area contributed by atoms with Gasteiger partial charge < -0.3 is 14.7 Å². The smallest absolute Gasteiger partial charge is 0.119 e. The lowest BCUT2D eigenvalue weighted by atomic mass is 9.94. The summed E-state index contributed by atoms with van der Waals surface area (Å²) in [5, 5.41) is 10.3. The minimum absolute atomic E-state index is 0.799. The molecule has 1 aliphatic rings. The first-order chi connectivity index (χ1) is 8.52. The highest BCUT2D eigenvalue weighted by Gasteiger charge is 2.24. The highest BCUT2D eigenvalue weighted by molar-refractivity contribution is 5.58. The standard InChI is InChI=1S/C15H23NO2/c1-15(2,17)13-11-12(18-3)7-8-14(13)16-9-5-4-6-10-16/h7-8,11,17H,4-6,9-10H2,1-3H3. The van der Waals surface area contributed by atoms with Crippen LogP contribution < -0.4 is 9.64 Å². The van der Waals surface area contributed by atoms with Gasteiger partial charge in [-0.1, -0.05) is 0 Å². The third kappa shape index (κ3) is 2.78. The summed E-state index contributed by atoms with van der Waals surface area (Å²) in [7, 11) is 1.66. The van der Waals surface area contributed by atoms with E-state index in [9.17, 15) is 5.11 Å². The number of ether oxygens (including phenoxy) is 1. The summed E-state index contributed by atoms with van der Waals surface area (Å²) in [5.41, 5.74) is 1.24. The number of aliphatic hydroxyl groups is 1. The van der Waals surface area contributed by atoms with Gasteiger partial charge in [-0.2, -0.15) is 0 Å². The second-order valence-electron chi connectivity index (χ2n) is 5.49. The minimum Gasteiger partial charge on any atom is -0.497 e. The summed E-state index contributed by atoms with van der Waals surface area (Å²) in [6.45, 7) is 5.81. The lowest BCUT2D eigenvalue weighted by molar-refractivity contribution is 0.0787. The summed E-state index contributed by atoms with van der Waals surface area (Å²) in [6, 6.07) is 5.99. The maximum atomic E-state index is 10.3. The molecule has 0 aliphatic carbocycles. The Balaban J connectivity index is 2.38. The van der Waals surface area contributed by atoms with Crippen molar-refractivity contribution in [2.75, 3.05) is 25.1 Å². The number of methoxy groups -OCH3 is 1. The first-order valence-electron chi connectivity index (χ1n) is 6.68. The van der Waals surface area contributed by atoms with Crippen LogP contribution in [0.3, 0.4) is 0 Å². The number of hydrogen-bond donors (Lipinski definition) is 1. The second-order valence-corrected chi connectivity index (χ2v) is 5.49. The molecule has 100 valence electrons. The van der Waals surface area contributed by atoms with Crippen molar-refractivity contribution in [1.29, 1.82) is 0 Å². The molecular weight excluding hydrogens is 226 g/mol. The van der Waals surface area contributed by atoms with Crippen molar-refractivity contribution in [2.45, 2.75) is 38.7 Å². The van der Waals surface area contributed by atoms with Crippen molar-refractivity contribution < 1.29 is 9.84 Å². The van der Waals surface area contributed by atoms with Crippen molar-refractivity contribution in [3.05, 3.63) is 23.8 Å². The summed E-state index contributed by atoms with van der Waals surface area (Å²) in [5.74, 6) is 0.799. The van der Waals surface area contributed by atoms with Crippen molar-refractivity contribution >= 4 is 5.69 Å². The van der Waals surface area contributed by atoms with E-state index < -0.39 is 5.60 Å². The monoisotopic (exact) mass is 249 g/mol. The van der Waals surface area contributed by atoms with Crippen molar-refractivity contribution in [3.63, 3.8) is 0 Å². The number of piperidine rings is 1. The van der Waals surface area contributed by atoms with E-state index in [0.29, 0.717) is 0 Å². The fraction of sp³-hybridized carbons (Fsp3) is 0.600. The molecule has 1 fully saturated rings. The fourth-order valence-electron chi connectivity index (χ4n) is 2.54. The first kappa shape index (κ1) is 13.2. The van der Waals surface area contributed by atoms with Crippen LogP contribution in [-0.2, 0) is 5.60 Å². The third-order valence-electron chi connectivity index (χ3n) is 3.56. The van der Waals surface area contributed by atoms with E-state index >= 15 is 0 Å². The fourth-order valence-corrected chi connectivity index (χ4v) is 2.54. The van der Waals surface area contributed by atoms with E-state index in [0.717, 1.165) is 30.1 Å². The Kier molecular flexibility index (Phi) is 3.81. The zero-order valence-corrected chi connectivity index (χ0v) is 11.6. The maximum Gasteiger partial charge on any atom is 0.119 e. The van der Waals surface area contributed by atoms with E-state index in [1.807, 2.05) is 26.0 Å². The molecule has 0 spiro atoms. The zero-order chi connectivity index (χ0) is 13.2. The van der Waals surface area contributed by atoms with Crippen LogP contribution in [-0.4, -0.2) is 25.3 Å². The minimum atomic E-state index is -0.846. The third-order valence-corrected chi connectivity index (χ3v) is 3.56. The average molecular weight is 249 g/mol. The first-order valence-corrected chi connectivity index (χ1v) is 6.68. The van der Waals surface area contributed by atoms with Gasteiger partial charge in [0.1, 0.15) is 5.75 Å². The van der Waals surface area contributed by atoms with Gasteiger partial charge in [0.05, 0.1) is 12.7 Å². The van der Waals surface area contributed by atoms with Gasteiger partial charge >= 0.3 is 0 Å². The molecule has 0 radical (unpaired) electrons. The lowest BCUT2D eigenvalue weighted by Gasteiger charge is -2.33. The van der Waals surface area contributed by atoms with Gasteiger partial charge in [0.15, 0.2) is 0 Å². The lowest BCUT2D eigenvalue weighted by Crippen LogP contribution is -2.32. The Labute approximate surface area is 109 Å². The Hall–Kier alpha value is -1.22. The molecular formula is C15H23NO2. The van der Waals surface area contributed by atoms with Crippen molar-refractivity contribution in [3.8, 4) is 5.75 Å². The molecule has 0 amide bonds. The van der Waals surface area contributed by atoms with Crippen LogP contribution in [0.15, 0.2) is 18.2 Å². The molecule has 1 aromatic carbocycles. The van der Waals surface area contributed by atoms with E-state index in [1.54, 1.807) is 7.11 Å². The van der Waals surface area contributed by atoms with Crippen molar-refractivity contribution in [2.24, 2.45) is 0 Å². The van der Waals surface area contributed by atoms with Gasteiger partial charge in [-0.3, -0.25) is 0 Å². The van der Waals surface area contributed by atoms with E-state index in [4.69, 9.17) is 4.74 Å². The van der Waals surface area contributed by atoms with E-state index in [1.165, 1.54) is 19.3 Å². The molecule has 18 heavy (non-hydrogen) atoms. The largest absolute Gasteiger partial charge is 0.497 e. The highest BCUT2D eigenvalue weighted by Crippen LogP contribution is 2.34. The summed E-state index contributed by atoms with van der Waals surface area (Å²) in [4.78, 5) is 2.37. The van der Waals surface area contributed by atoms with Gasteiger partial charge in [0.2, 0.25) is 0 Å². The number of rotatable bonds is 3. The molecule has 1 saturated heterocycles. The van der Waals surface area contributed by atoms with E-state index in [2.05, 4.69) is 11.0 Å². The normalized spacial score (nSPS) is 16.8. The summed E-state index contributed by atoms with van der Waals surface area (Å²) in [6.07, 6.45) is 3.78. The van der Waals surface area contributed by atoms with Crippen LogP contribution in [0.5, 0.6) is 5.75 Å². The molecule has 0 atom stereocenters. The molecule has 1 heterocycles. The van der Waals surface area contributed by atoms with Gasteiger partial charge in [-0.15, -0.1) is 0 Å². The SMILES string of the molecule is COc1ccc(N2CCCCC2)c(C(C)(C)O)c1. The predicted molar refractivity (Wildman–Crippen MR) is 74.3 cm³/mol. The van der Waals surface area contributed by atoms with Crippen LogP contribution in [0.2, 0.25) is 0 Å². The van der Waals surface area contributed by atoms with Crippen LogP contribution in [0.4, 0.5) is 5.69 Å².